The normalized spacial score (nSPS) is 11.2. The number of nitrogens with one attached hydrogen (secondary N) is 1. The fourth-order valence-electron chi connectivity index (χ4n) is 4.46. The van der Waals surface area contributed by atoms with E-state index in [0.717, 1.165) is 4.40 Å². The van der Waals surface area contributed by atoms with E-state index in [0.29, 0.717) is 32.3 Å². The summed E-state index contributed by atoms with van der Waals surface area (Å²) >= 11 is 0. The molecule has 144 valence electrons. The van der Waals surface area contributed by atoms with E-state index in [1.165, 1.54) is 4.40 Å². The molecule has 0 saturated carbocycles. The van der Waals surface area contributed by atoms with E-state index < -0.39 is 5.56 Å². The van der Waals surface area contributed by atoms with Gasteiger partial charge in [0.05, 0.1) is 0 Å². The van der Waals surface area contributed by atoms with Crippen molar-refractivity contribution >= 4 is 43.6 Å². The predicted octanol–water partition coefficient (Wildman–Crippen LogP) is 1.64. The van der Waals surface area contributed by atoms with Crippen LogP contribution in [0.3, 0.4) is 0 Å². The van der Waals surface area contributed by atoms with Crippen LogP contribution in [-0.4, -0.2) is 18.8 Å². The largest absolute Gasteiger partial charge is 0.283 e. The highest BCUT2D eigenvalue weighted by atomic mass is 16.1. The molecule has 4 heterocycles. The fourth-order valence-corrected chi connectivity index (χ4v) is 4.46. The summed E-state index contributed by atoms with van der Waals surface area (Å²) < 4.78 is 2.46. The van der Waals surface area contributed by atoms with Crippen LogP contribution in [0.25, 0.3) is 43.6 Å². The van der Waals surface area contributed by atoms with Gasteiger partial charge in [-0.25, -0.2) is 14.4 Å². The van der Waals surface area contributed by atoms with E-state index in [1.54, 1.807) is 24.3 Å². The second kappa shape index (κ2) is 5.52. The first-order valence-corrected chi connectivity index (χ1v) is 9.16. The molecule has 32 heavy (non-hydrogen) atoms. The number of fused-ring (bicyclic) bond motifs is 4. The van der Waals surface area contributed by atoms with Crippen molar-refractivity contribution in [3.05, 3.63) is 62.9 Å². The van der Waals surface area contributed by atoms with Gasteiger partial charge in [0, 0.05) is 32.3 Å². The predicted molar refractivity (Wildman–Crippen MR) is 110 cm³/mol. The van der Waals surface area contributed by atoms with Crippen LogP contribution in [0.2, 0.25) is 0 Å². The number of nitriles is 4. The van der Waals surface area contributed by atoms with Crippen LogP contribution in [0.5, 0.6) is 0 Å². The van der Waals surface area contributed by atoms with Gasteiger partial charge in [-0.3, -0.25) is 14.6 Å². The maximum absolute atomic E-state index is 13.3. The van der Waals surface area contributed by atoms with Crippen LogP contribution in [0.4, 0.5) is 0 Å². The molecule has 0 fully saturated rings. The first-order valence-electron chi connectivity index (χ1n) is 9.16. The smallest absolute Gasteiger partial charge is 0.265 e. The molecule has 0 bridgehead atoms. The molecule has 4 aromatic heterocycles. The van der Waals surface area contributed by atoms with Crippen LogP contribution >= 0.6 is 0 Å². The first-order chi connectivity index (χ1) is 15.5. The highest BCUT2D eigenvalue weighted by molar-refractivity contribution is 6.27. The summed E-state index contributed by atoms with van der Waals surface area (Å²) in [4.78, 5) is 21.8. The summed E-state index contributed by atoms with van der Waals surface area (Å²) in [6.07, 6.45) is 0. The fraction of sp³-hybridized carbons (Fsp3) is 0. The van der Waals surface area contributed by atoms with Gasteiger partial charge in [0.2, 0.25) is 0 Å². The number of benzene rings is 2. The van der Waals surface area contributed by atoms with Crippen molar-refractivity contribution in [1.29, 1.82) is 26.5 Å². The third-order valence-electron chi connectivity index (χ3n) is 5.73. The second-order valence-corrected chi connectivity index (χ2v) is 7.11. The lowest BCUT2D eigenvalue weighted by Gasteiger charge is -2.12. The number of pyridine rings is 2. The molecular weight excluding hydrogens is 406 g/mol. The van der Waals surface area contributed by atoms with E-state index in [2.05, 4.69) is 9.97 Å². The van der Waals surface area contributed by atoms with Crippen molar-refractivity contribution in [3.8, 4) is 24.3 Å². The van der Waals surface area contributed by atoms with Crippen molar-refractivity contribution in [2.24, 2.45) is 0 Å². The lowest BCUT2D eigenvalue weighted by molar-refractivity contribution is 1.03. The number of hydrogen-bond acceptors (Lipinski definition) is 8. The standard InChI is InChI=1S/C22H5N9O/c23-5-13-15(7-25)30-19(27)9-1-2-11-18-12(4-3-10(17(9)18)20(30)28-13)22(32)31-16(8-26)14(6-24)29-21(11)31/h1-4,27H. The van der Waals surface area contributed by atoms with Crippen LogP contribution in [-0.2, 0) is 0 Å². The minimum atomic E-state index is -0.502. The Morgan fingerprint density at radius 2 is 1.16 bits per heavy atom. The maximum Gasteiger partial charge on any atom is 0.265 e. The first kappa shape index (κ1) is 17.3. The van der Waals surface area contributed by atoms with Gasteiger partial charge in [0.1, 0.15) is 41.1 Å². The molecule has 0 unspecified atom stereocenters. The average molecular weight is 411 g/mol. The van der Waals surface area contributed by atoms with E-state index >= 15 is 0 Å². The highest BCUT2D eigenvalue weighted by Gasteiger charge is 2.24. The molecule has 0 amide bonds. The van der Waals surface area contributed by atoms with Crippen molar-refractivity contribution in [2.75, 3.05) is 0 Å². The van der Waals surface area contributed by atoms with Crippen molar-refractivity contribution in [2.45, 2.75) is 0 Å². The number of aromatic nitrogens is 4. The lowest BCUT2D eigenvalue weighted by atomic mass is 9.96. The number of hydrogen-bond donors (Lipinski definition) is 1. The molecule has 1 N–H and O–H groups in total. The molecule has 0 aliphatic heterocycles. The van der Waals surface area contributed by atoms with E-state index in [4.69, 9.17) is 5.41 Å². The lowest BCUT2D eigenvalue weighted by Crippen LogP contribution is -2.18. The van der Waals surface area contributed by atoms with Crippen LogP contribution in [0, 0.1) is 50.7 Å². The average Bonchev–Trinajstić information content (AvgIpc) is 3.39. The van der Waals surface area contributed by atoms with Crippen LogP contribution in [0.15, 0.2) is 29.1 Å². The van der Waals surface area contributed by atoms with Gasteiger partial charge in [-0.1, -0.05) is 0 Å². The van der Waals surface area contributed by atoms with Crippen molar-refractivity contribution in [3.63, 3.8) is 0 Å². The van der Waals surface area contributed by atoms with E-state index in [1.807, 2.05) is 24.3 Å². The molecule has 6 aromatic rings. The Hall–Kier alpha value is -5.58. The number of nitrogens with zero attached hydrogens (tertiary/aromatic N) is 8. The van der Waals surface area contributed by atoms with Crippen molar-refractivity contribution < 1.29 is 0 Å². The Labute approximate surface area is 176 Å². The third-order valence-corrected chi connectivity index (χ3v) is 5.73. The molecule has 10 heteroatoms. The summed E-state index contributed by atoms with van der Waals surface area (Å²) in [6, 6.07) is 14.1. The Morgan fingerprint density at radius 3 is 1.72 bits per heavy atom. The second-order valence-electron chi connectivity index (χ2n) is 7.11. The molecule has 0 atom stereocenters. The summed E-state index contributed by atoms with van der Waals surface area (Å²) in [5.74, 6) is 0. The van der Waals surface area contributed by atoms with Gasteiger partial charge in [-0.05, 0) is 24.3 Å². The quantitative estimate of drug-likeness (QED) is 0.370. The van der Waals surface area contributed by atoms with Gasteiger partial charge in [-0.2, -0.15) is 21.0 Å². The zero-order chi connectivity index (χ0) is 22.3. The summed E-state index contributed by atoms with van der Waals surface area (Å²) in [5, 5.41) is 49.4. The maximum atomic E-state index is 13.3. The topological polar surface area (TPSA) is 171 Å². The molecule has 0 spiro atoms. The zero-order valence-corrected chi connectivity index (χ0v) is 15.8. The van der Waals surface area contributed by atoms with Crippen molar-refractivity contribution in [1.82, 2.24) is 18.8 Å². The monoisotopic (exact) mass is 411 g/mol. The Morgan fingerprint density at radius 1 is 0.688 bits per heavy atom. The molecule has 0 aliphatic carbocycles. The van der Waals surface area contributed by atoms with Gasteiger partial charge in [0.15, 0.2) is 22.8 Å². The molecular formula is C22H5N9O. The summed E-state index contributed by atoms with van der Waals surface area (Å²) in [7, 11) is 0. The van der Waals surface area contributed by atoms with Crippen LogP contribution in [0.1, 0.15) is 22.8 Å². The summed E-state index contributed by atoms with van der Waals surface area (Å²) in [5.41, 5.74) is -0.507. The highest BCUT2D eigenvalue weighted by Crippen LogP contribution is 2.35. The number of imidazole rings is 2. The molecule has 0 aliphatic rings. The Balaban J connectivity index is 2.00. The minimum absolute atomic E-state index is 0.0320. The van der Waals surface area contributed by atoms with E-state index in [-0.39, 0.29) is 39.6 Å². The summed E-state index contributed by atoms with van der Waals surface area (Å²) in [6.45, 7) is 0. The zero-order valence-electron chi connectivity index (χ0n) is 15.8. The third kappa shape index (κ3) is 1.71. The molecule has 0 saturated heterocycles. The Bertz CT molecular complexity index is 1970. The van der Waals surface area contributed by atoms with Gasteiger partial charge in [0.25, 0.3) is 5.56 Å². The van der Waals surface area contributed by atoms with E-state index in [9.17, 15) is 25.8 Å². The SMILES string of the molecule is N#Cc1nc2c3ccc4c(=O)n5c(C#N)c(C#N)nc5c5ccc(c(=N)n2c1C#N)c3c45. The minimum Gasteiger partial charge on any atom is -0.283 e. The molecule has 2 aromatic carbocycles. The Kier molecular flexibility index (Phi) is 2.98. The van der Waals surface area contributed by atoms with Gasteiger partial charge < -0.3 is 0 Å². The number of rotatable bonds is 0. The van der Waals surface area contributed by atoms with Gasteiger partial charge >= 0.3 is 0 Å². The van der Waals surface area contributed by atoms with Crippen LogP contribution < -0.4 is 11.0 Å². The van der Waals surface area contributed by atoms with Gasteiger partial charge in [-0.15, -0.1) is 0 Å². The molecule has 10 nitrogen and oxygen atoms in total. The molecule has 6 rings (SSSR count). The molecule has 0 radical (unpaired) electrons.